The molecule has 0 aliphatic rings. The Hall–Kier alpha value is -2.12. The third kappa shape index (κ3) is 2.90. The monoisotopic (exact) mass is 340 g/mol. The summed E-state index contributed by atoms with van der Waals surface area (Å²) in [6, 6.07) is 9.72. The van der Waals surface area contributed by atoms with Crippen LogP contribution in [-0.4, -0.2) is 20.4 Å². The van der Waals surface area contributed by atoms with Crippen LogP contribution in [0.5, 0.6) is 0 Å². The predicted molar refractivity (Wildman–Crippen MR) is 84.9 cm³/mol. The van der Waals surface area contributed by atoms with Crippen molar-refractivity contribution in [3.8, 4) is 0 Å². The van der Waals surface area contributed by atoms with E-state index >= 15 is 0 Å². The largest absolute Gasteiger partial charge is 0.269 e. The van der Waals surface area contributed by atoms with Gasteiger partial charge in [0.15, 0.2) is 0 Å². The van der Waals surface area contributed by atoms with Gasteiger partial charge in [-0.05, 0) is 36.8 Å². The summed E-state index contributed by atoms with van der Waals surface area (Å²) >= 11 is 6.01. The third-order valence-electron chi connectivity index (χ3n) is 3.28. The van der Waals surface area contributed by atoms with Gasteiger partial charge in [-0.2, -0.15) is 0 Å². The van der Waals surface area contributed by atoms with Crippen molar-refractivity contribution in [3.05, 3.63) is 63.2 Å². The van der Waals surface area contributed by atoms with E-state index in [1.54, 1.807) is 25.1 Å². The van der Waals surface area contributed by atoms with Crippen molar-refractivity contribution in [1.82, 2.24) is 0 Å². The van der Waals surface area contributed by atoms with E-state index < -0.39 is 14.9 Å². The van der Waals surface area contributed by atoms with Crippen LogP contribution in [-0.2, 0) is 10.0 Å². The fourth-order valence-corrected chi connectivity index (χ4v) is 3.39. The standard InChI is InChI=1S/C14H13ClN2O4S/c1-10-13(15)4-3-5-14(10)16(2)22(20,21)12-8-6-11(7-9-12)17(18)19/h3-9H,1-2H3. The molecular weight excluding hydrogens is 328 g/mol. The molecule has 0 unspecified atom stereocenters. The highest BCUT2D eigenvalue weighted by molar-refractivity contribution is 7.92. The van der Waals surface area contributed by atoms with E-state index in [0.717, 1.165) is 16.4 Å². The van der Waals surface area contributed by atoms with Gasteiger partial charge >= 0.3 is 0 Å². The minimum atomic E-state index is -3.82. The number of nitro groups is 1. The molecule has 0 saturated heterocycles. The van der Waals surface area contributed by atoms with Crippen molar-refractivity contribution < 1.29 is 13.3 Å². The van der Waals surface area contributed by atoms with Gasteiger partial charge in [0.1, 0.15) is 0 Å². The Kier molecular flexibility index (Phi) is 4.39. The number of sulfonamides is 1. The summed E-state index contributed by atoms with van der Waals surface area (Å²) in [4.78, 5) is 10.0. The number of rotatable bonds is 4. The molecule has 0 radical (unpaired) electrons. The topological polar surface area (TPSA) is 80.5 Å². The first-order valence-corrected chi connectivity index (χ1v) is 8.05. The number of nitro benzene ring substituents is 1. The maximum atomic E-state index is 12.6. The molecule has 0 heterocycles. The van der Waals surface area contributed by atoms with Gasteiger partial charge in [0, 0.05) is 24.2 Å². The Bertz CT molecular complexity index is 819. The highest BCUT2D eigenvalue weighted by atomic mass is 35.5. The van der Waals surface area contributed by atoms with Crippen LogP contribution < -0.4 is 4.31 Å². The Balaban J connectivity index is 2.45. The summed E-state index contributed by atoms with van der Waals surface area (Å²) in [5.74, 6) is 0. The molecule has 2 rings (SSSR count). The molecule has 2 aromatic carbocycles. The summed E-state index contributed by atoms with van der Waals surface area (Å²) in [5.41, 5.74) is 0.920. The normalized spacial score (nSPS) is 11.2. The fourth-order valence-electron chi connectivity index (χ4n) is 1.96. The first kappa shape index (κ1) is 16.3. The number of benzene rings is 2. The van der Waals surface area contributed by atoms with E-state index in [2.05, 4.69) is 0 Å². The summed E-state index contributed by atoms with van der Waals surface area (Å²) < 4.78 is 26.3. The zero-order valence-corrected chi connectivity index (χ0v) is 13.4. The van der Waals surface area contributed by atoms with E-state index in [0.29, 0.717) is 16.3 Å². The summed E-state index contributed by atoms with van der Waals surface area (Å²) in [7, 11) is -2.41. The molecular formula is C14H13ClN2O4S. The molecule has 116 valence electrons. The average Bonchev–Trinajstić information content (AvgIpc) is 2.49. The lowest BCUT2D eigenvalue weighted by Crippen LogP contribution is -2.27. The second kappa shape index (κ2) is 5.94. The van der Waals surface area contributed by atoms with Gasteiger partial charge in [-0.1, -0.05) is 17.7 Å². The first-order chi connectivity index (χ1) is 10.2. The van der Waals surface area contributed by atoms with E-state index in [-0.39, 0.29) is 10.6 Å². The lowest BCUT2D eigenvalue weighted by atomic mass is 10.2. The Morgan fingerprint density at radius 3 is 2.27 bits per heavy atom. The Morgan fingerprint density at radius 1 is 1.14 bits per heavy atom. The van der Waals surface area contributed by atoms with E-state index in [1.165, 1.54) is 19.2 Å². The van der Waals surface area contributed by atoms with Gasteiger partial charge in [-0.25, -0.2) is 8.42 Å². The van der Waals surface area contributed by atoms with E-state index in [4.69, 9.17) is 11.6 Å². The molecule has 0 bridgehead atoms. The maximum absolute atomic E-state index is 12.6. The van der Waals surface area contributed by atoms with Crippen molar-refractivity contribution in [2.24, 2.45) is 0 Å². The molecule has 0 aliphatic heterocycles. The van der Waals surface area contributed by atoms with Crippen LogP contribution in [0.3, 0.4) is 0 Å². The Morgan fingerprint density at radius 2 is 1.73 bits per heavy atom. The zero-order valence-electron chi connectivity index (χ0n) is 11.9. The van der Waals surface area contributed by atoms with E-state index in [9.17, 15) is 18.5 Å². The number of hydrogen-bond acceptors (Lipinski definition) is 4. The van der Waals surface area contributed by atoms with Gasteiger partial charge in [-0.15, -0.1) is 0 Å². The van der Waals surface area contributed by atoms with Crippen molar-refractivity contribution >= 4 is 33.0 Å². The average molecular weight is 341 g/mol. The van der Waals surface area contributed by atoms with Crippen molar-refractivity contribution in [1.29, 1.82) is 0 Å². The van der Waals surface area contributed by atoms with Crippen LogP contribution >= 0.6 is 11.6 Å². The van der Waals surface area contributed by atoms with Crippen LogP contribution in [0.2, 0.25) is 5.02 Å². The second-order valence-corrected chi connectivity index (χ2v) is 6.98. The van der Waals surface area contributed by atoms with Crippen molar-refractivity contribution in [2.45, 2.75) is 11.8 Å². The molecule has 0 N–H and O–H groups in total. The third-order valence-corrected chi connectivity index (χ3v) is 5.48. The first-order valence-electron chi connectivity index (χ1n) is 6.23. The predicted octanol–water partition coefficient (Wildman–Crippen LogP) is 3.38. The summed E-state index contributed by atoms with van der Waals surface area (Å²) in [5, 5.41) is 11.1. The molecule has 0 spiro atoms. The van der Waals surface area contributed by atoms with Crippen LogP contribution in [0.1, 0.15) is 5.56 Å². The minimum Gasteiger partial charge on any atom is -0.269 e. The lowest BCUT2D eigenvalue weighted by Gasteiger charge is -2.21. The molecule has 0 aliphatic carbocycles. The number of nitrogens with zero attached hydrogens (tertiary/aromatic N) is 2. The summed E-state index contributed by atoms with van der Waals surface area (Å²) in [6.45, 7) is 1.72. The van der Waals surface area contributed by atoms with Gasteiger partial charge in [-0.3, -0.25) is 14.4 Å². The molecule has 0 aromatic heterocycles. The fraction of sp³-hybridized carbons (Fsp3) is 0.143. The van der Waals surface area contributed by atoms with Crippen LogP contribution in [0, 0.1) is 17.0 Å². The van der Waals surface area contributed by atoms with Gasteiger partial charge in [0.25, 0.3) is 15.7 Å². The number of hydrogen-bond donors (Lipinski definition) is 0. The number of anilines is 1. The van der Waals surface area contributed by atoms with Crippen molar-refractivity contribution in [3.63, 3.8) is 0 Å². The molecule has 8 heteroatoms. The number of non-ortho nitro benzene ring substituents is 1. The van der Waals surface area contributed by atoms with Gasteiger partial charge in [0.05, 0.1) is 15.5 Å². The molecule has 0 fully saturated rings. The SMILES string of the molecule is Cc1c(Cl)cccc1N(C)S(=O)(=O)c1ccc([N+](=O)[O-])cc1. The number of halogens is 1. The molecule has 22 heavy (non-hydrogen) atoms. The quantitative estimate of drug-likeness (QED) is 0.631. The van der Waals surface area contributed by atoms with Crippen molar-refractivity contribution in [2.75, 3.05) is 11.4 Å². The molecule has 6 nitrogen and oxygen atoms in total. The summed E-state index contributed by atoms with van der Waals surface area (Å²) in [6.07, 6.45) is 0. The lowest BCUT2D eigenvalue weighted by molar-refractivity contribution is -0.384. The van der Waals surface area contributed by atoms with Crippen LogP contribution in [0.4, 0.5) is 11.4 Å². The second-order valence-electron chi connectivity index (χ2n) is 4.61. The zero-order chi connectivity index (χ0) is 16.5. The highest BCUT2D eigenvalue weighted by Gasteiger charge is 2.23. The molecule has 0 amide bonds. The van der Waals surface area contributed by atoms with E-state index in [1.807, 2.05) is 0 Å². The minimum absolute atomic E-state index is 0.0278. The van der Waals surface area contributed by atoms with Gasteiger partial charge < -0.3 is 0 Å². The maximum Gasteiger partial charge on any atom is 0.269 e. The molecule has 0 atom stereocenters. The smallest absolute Gasteiger partial charge is 0.269 e. The highest BCUT2D eigenvalue weighted by Crippen LogP contribution is 2.29. The molecule has 0 saturated carbocycles. The Labute approximate surface area is 133 Å². The van der Waals surface area contributed by atoms with Crippen LogP contribution in [0.25, 0.3) is 0 Å². The van der Waals surface area contributed by atoms with Gasteiger partial charge in [0.2, 0.25) is 0 Å². The molecule has 2 aromatic rings. The van der Waals surface area contributed by atoms with Crippen LogP contribution in [0.15, 0.2) is 47.4 Å².